The number of oxazole rings is 1. The van der Waals surface area contributed by atoms with E-state index < -0.39 is 17.6 Å². The number of carbonyl (C=O) groups excluding carboxylic acids is 1. The van der Waals surface area contributed by atoms with Crippen LogP contribution in [0.15, 0.2) is 77.2 Å². The molecule has 1 aromatic heterocycles. The second-order valence-electron chi connectivity index (χ2n) is 6.46. The van der Waals surface area contributed by atoms with E-state index in [0.29, 0.717) is 23.5 Å². The van der Waals surface area contributed by atoms with Crippen molar-refractivity contribution < 1.29 is 27.1 Å². The van der Waals surface area contributed by atoms with Gasteiger partial charge in [0.25, 0.3) is 5.89 Å². The standard InChI is InChI=1S/C22H15F3N2O3/c23-22(24,25)15-7-4-8-16(11-15)26-20(28)21-27-18-12-17(9-10-19(18)30-21)29-13-14-5-2-1-3-6-14/h1-12H,13H2,(H,26,28). The number of hydrogen-bond donors (Lipinski definition) is 1. The zero-order valence-corrected chi connectivity index (χ0v) is 15.4. The second kappa shape index (κ2) is 7.90. The number of fused-ring (bicyclic) bond motifs is 1. The molecular formula is C22H15F3N2O3. The third-order valence-corrected chi connectivity index (χ3v) is 4.25. The maximum absolute atomic E-state index is 12.8. The van der Waals surface area contributed by atoms with Crippen molar-refractivity contribution in [3.8, 4) is 5.75 Å². The molecule has 4 rings (SSSR count). The monoisotopic (exact) mass is 412 g/mol. The van der Waals surface area contributed by atoms with Crippen LogP contribution in [0.2, 0.25) is 0 Å². The van der Waals surface area contributed by atoms with Crippen molar-refractivity contribution in [1.29, 1.82) is 0 Å². The van der Waals surface area contributed by atoms with E-state index in [0.717, 1.165) is 17.7 Å². The van der Waals surface area contributed by atoms with Gasteiger partial charge in [0.2, 0.25) is 0 Å². The predicted octanol–water partition coefficient (Wildman–Crippen LogP) is 5.68. The van der Waals surface area contributed by atoms with Gasteiger partial charge in [0, 0.05) is 11.8 Å². The molecule has 5 nitrogen and oxygen atoms in total. The zero-order chi connectivity index (χ0) is 21.1. The topological polar surface area (TPSA) is 64.4 Å². The van der Waals surface area contributed by atoms with Crippen LogP contribution >= 0.6 is 0 Å². The number of carbonyl (C=O) groups is 1. The van der Waals surface area contributed by atoms with Crippen LogP contribution in [0.3, 0.4) is 0 Å². The summed E-state index contributed by atoms with van der Waals surface area (Å²) in [4.78, 5) is 16.5. The molecule has 30 heavy (non-hydrogen) atoms. The Bertz CT molecular complexity index is 1190. The third-order valence-electron chi connectivity index (χ3n) is 4.25. The van der Waals surface area contributed by atoms with Gasteiger partial charge < -0.3 is 14.5 Å². The Morgan fingerprint density at radius 2 is 1.80 bits per heavy atom. The van der Waals surface area contributed by atoms with E-state index in [-0.39, 0.29) is 11.6 Å². The van der Waals surface area contributed by atoms with Crippen LogP contribution in [0.5, 0.6) is 5.75 Å². The molecule has 4 aromatic rings. The summed E-state index contributed by atoms with van der Waals surface area (Å²) in [6, 6.07) is 18.9. The van der Waals surface area contributed by atoms with Crippen molar-refractivity contribution in [3.05, 3.63) is 89.8 Å². The number of ether oxygens (including phenoxy) is 1. The highest BCUT2D eigenvalue weighted by Crippen LogP contribution is 2.31. The van der Waals surface area contributed by atoms with Gasteiger partial charge in [0.1, 0.15) is 17.9 Å². The lowest BCUT2D eigenvalue weighted by atomic mass is 10.2. The number of benzene rings is 3. The smallest absolute Gasteiger partial charge is 0.416 e. The Labute approximate surface area is 169 Å². The van der Waals surface area contributed by atoms with Crippen molar-refractivity contribution >= 4 is 22.7 Å². The number of rotatable bonds is 5. The zero-order valence-electron chi connectivity index (χ0n) is 15.4. The van der Waals surface area contributed by atoms with Gasteiger partial charge in [-0.05, 0) is 35.9 Å². The quantitative estimate of drug-likeness (QED) is 0.458. The summed E-state index contributed by atoms with van der Waals surface area (Å²) in [7, 11) is 0. The molecule has 0 saturated heterocycles. The van der Waals surface area contributed by atoms with Gasteiger partial charge in [0.05, 0.1) is 5.56 Å². The summed E-state index contributed by atoms with van der Waals surface area (Å²) in [6.07, 6.45) is -4.51. The first-order chi connectivity index (χ1) is 14.4. The molecule has 1 N–H and O–H groups in total. The maximum Gasteiger partial charge on any atom is 0.416 e. The van der Waals surface area contributed by atoms with Crippen molar-refractivity contribution in [2.75, 3.05) is 5.32 Å². The number of nitrogens with one attached hydrogen (secondary N) is 1. The molecule has 0 spiro atoms. The molecule has 0 saturated carbocycles. The molecule has 0 aliphatic carbocycles. The predicted molar refractivity (Wildman–Crippen MR) is 104 cm³/mol. The van der Waals surface area contributed by atoms with Gasteiger partial charge in [-0.2, -0.15) is 13.2 Å². The first-order valence-corrected chi connectivity index (χ1v) is 8.94. The van der Waals surface area contributed by atoms with Gasteiger partial charge in [0.15, 0.2) is 5.58 Å². The minimum atomic E-state index is -4.51. The molecule has 8 heteroatoms. The Balaban J connectivity index is 1.48. The highest BCUT2D eigenvalue weighted by Gasteiger charge is 2.30. The maximum atomic E-state index is 12.8. The van der Waals surface area contributed by atoms with Crippen molar-refractivity contribution in [2.45, 2.75) is 12.8 Å². The van der Waals surface area contributed by atoms with E-state index in [1.54, 1.807) is 18.2 Å². The number of anilines is 1. The molecule has 0 unspecified atom stereocenters. The Morgan fingerprint density at radius 3 is 2.57 bits per heavy atom. The number of aromatic nitrogens is 1. The van der Waals surface area contributed by atoms with Crippen LogP contribution < -0.4 is 10.1 Å². The fourth-order valence-electron chi connectivity index (χ4n) is 2.79. The summed E-state index contributed by atoms with van der Waals surface area (Å²) in [5.41, 5.74) is 0.881. The van der Waals surface area contributed by atoms with E-state index >= 15 is 0 Å². The summed E-state index contributed by atoms with van der Waals surface area (Å²) < 4.78 is 49.6. The lowest BCUT2D eigenvalue weighted by molar-refractivity contribution is -0.137. The molecule has 1 heterocycles. The average molecular weight is 412 g/mol. The average Bonchev–Trinajstić information content (AvgIpc) is 3.16. The molecular weight excluding hydrogens is 397 g/mol. The molecule has 0 aliphatic heterocycles. The van der Waals surface area contributed by atoms with Gasteiger partial charge in [-0.1, -0.05) is 36.4 Å². The third kappa shape index (κ3) is 4.43. The number of alkyl halides is 3. The van der Waals surface area contributed by atoms with Crippen LogP contribution in [-0.2, 0) is 12.8 Å². The second-order valence-corrected chi connectivity index (χ2v) is 6.46. The lowest BCUT2D eigenvalue weighted by Gasteiger charge is -2.08. The van der Waals surface area contributed by atoms with Crippen LogP contribution in [0.25, 0.3) is 11.1 Å². The minimum Gasteiger partial charge on any atom is -0.489 e. The summed E-state index contributed by atoms with van der Waals surface area (Å²) in [6.45, 7) is 0.368. The summed E-state index contributed by atoms with van der Waals surface area (Å²) >= 11 is 0. The molecule has 0 atom stereocenters. The van der Waals surface area contributed by atoms with Crippen molar-refractivity contribution in [3.63, 3.8) is 0 Å². The molecule has 0 radical (unpaired) electrons. The van der Waals surface area contributed by atoms with E-state index in [1.165, 1.54) is 12.1 Å². The molecule has 0 fully saturated rings. The Hall–Kier alpha value is -3.81. The van der Waals surface area contributed by atoms with Crippen LogP contribution in [0.1, 0.15) is 21.8 Å². The van der Waals surface area contributed by atoms with Gasteiger partial charge in [-0.3, -0.25) is 4.79 Å². The van der Waals surface area contributed by atoms with Gasteiger partial charge >= 0.3 is 12.1 Å². The number of hydrogen-bond acceptors (Lipinski definition) is 4. The SMILES string of the molecule is O=C(Nc1cccc(C(F)(F)F)c1)c1nc2cc(OCc3ccccc3)ccc2o1. The van der Waals surface area contributed by atoms with Crippen LogP contribution in [0, 0.1) is 0 Å². The summed E-state index contributed by atoms with van der Waals surface area (Å²) in [5.74, 6) is -0.468. The molecule has 1 amide bonds. The molecule has 0 bridgehead atoms. The molecule has 0 aliphatic rings. The minimum absolute atomic E-state index is 0.0102. The Morgan fingerprint density at radius 1 is 1.00 bits per heavy atom. The highest BCUT2D eigenvalue weighted by atomic mass is 19.4. The summed E-state index contributed by atoms with van der Waals surface area (Å²) in [5, 5.41) is 2.37. The van der Waals surface area contributed by atoms with E-state index in [4.69, 9.17) is 9.15 Å². The normalized spacial score (nSPS) is 11.4. The lowest BCUT2D eigenvalue weighted by Crippen LogP contribution is -2.13. The van der Waals surface area contributed by atoms with Crippen molar-refractivity contribution in [2.24, 2.45) is 0 Å². The highest BCUT2D eigenvalue weighted by molar-refractivity contribution is 6.02. The van der Waals surface area contributed by atoms with Crippen LogP contribution in [-0.4, -0.2) is 10.9 Å². The van der Waals surface area contributed by atoms with Crippen molar-refractivity contribution in [1.82, 2.24) is 4.98 Å². The Kier molecular flexibility index (Phi) is 5.14. The molecule has 3 aromatic carbocycles. The van der Waals surface area contributed by atoms with Gasteiger partial charge in [-0.25, -0.2) is 4.98 Å². The number of halogens is 3. The number of amides is 1. The fourth-order valence-corrected chi connectivity index (χ4v) is 2.79. The first-order valence-electron chi connectivity index (χ1n) is 8.94. The van der Waals surface area contributed by atoms with E-state index in [2.05, 4.69) is 10.3 Å². The van der Waals surface area contributed by atoms with Gasteiger partial charge in [-0.15, -0.1) is 0 Å². The van der Waals surface area contributed by atoms with E-state index in [9.17, 15) is 18.0 Å². The number of nitrogens with zero attached hydrogens (tertiary/aromatic N) is 1. The van der Waals surface area contributed by atoms with E-state index in [1.807, 2.05) is 30.3 Å². The van der Waals surface area contributed by atoms with Crippen LogP contribution in [0.4, 0.5) is 18.9 Å². The largest absolute Gasteiger partial charge is 0.489 e. The molecule has 152 valence electrons. The first kappa shape index (κ1) is 19.5. The fraction of sp³-hybridized carbons (Fsp3) is 0.0909.